The van der Waals surface area contributed by atoms with Crippen molar-refractivity contribution in [3.05, 3.63) is 29.8 Å². The van der Waals surface area contributed by atoms with Crippen LogP contribution in [0.15, 0.2) is 24.3 Å². The van der Waals surface area contributed by atoms with Gasteiger partial charge in [0.25, 0.3) is 0 Å². The van der Waals surface area contributed by atoms with E-state index in [4.69, 9.17) is 5.11 Å². The molecule has 0 atom stereocenters. The quantitative estimate of drug-likeness (QED) is 0.867. The first-order valence-corrected chi connectivity index (χ1v) is 5.20. The van der Waals surface area contributed by atoms with Crippen LogP contribution in [0.1, 0.15) is 10.4 Å². The molecule has 1 aromatic rings. The van der Waals surface area contributed by atoms with Crippen molar-refractivity contribution in [2.75, 3.05) is 18.0 Å². The minimum atomic E-state index is -4.81. The molecule has 20 heavy (non-hydrogen) atoms. The van der Waals surface area contributed by atoms with Gasteiger partial charge in [0, 0.05) is 5.69 Å². The summed E-state index contributed by atoms with van der Waals surface area (Å²) in [5, 5.41) is 8.61. The van der Waals surface area contributed by atoms with Gasteiger partial charge in [-0.3, -0.25) is 0 Å². The fourth-order valence-corrected chi connectivity index (χ4v) is 1.49. The van der Waals surface area contributed by atoms with E-state index in [0.29, 0.717) is 0 Å². The molecule has 0 radical (unpaired) electrons. The molecule has 0 saturated carbocycles. The standard InChI is InChI=1S/C11H9F6NO2/c12-10(13,14)5-18(6-11(15,16)17)8-3-1-7(2-4-8)9(19)20/h1-4H,5-6H2,(H,19,20). The molecule has 1 aromatic carbocycles. The lowest BCUT2D eigenvalue weighted by atomic mass is 10.2. The van der Waals surface area contributed by atoms with Crippen LogP contribution in [0, 0.1) is 0 Å². The zero-order chi connectivity index (χ0) is 15.6. The smallest absolute Gasteiger partial charge is 0.405 e. The largest absolute Gasteiger partial charge is 0.478 e. The van der Waals surface area contributed by atoms with Crippen LogP contribution in [0.4, 0.5) is 32.0 Å². The van der Waals surface area contributed by atoms with Gasteiger partial charge in [-0.2, -0.15) is 26.3 Å². The van der Waals surface area contributed by atoms with E-state index >= 15 is 0 Å². The number of carboxylic acids is 1. The van der Waals surface area contributed by atoms with E-state index in [1.165, 1.54) is 0 Å². The number of rotatable bonds is 4. The van der Waals surface area contributed by atoms with Crippen molar-refractivity contribution in [1.29, 1.82) is 0 Å². The van der Waals surface area contributed by atoms with E-state index in [2.05, 4.69) is 0 Å². The predicted octanol–water partition coefficient (Wildman–Crippen LogP) is 3.32. The molecule has 0 unspecified atom stereocenters. The summed E-state index contributed by atoms with van der Waals surface area (Å²) in [6, 6.07) is 3.69. The molecule has 0 fully saturated rings. The van der Waals surface area contributed by atoms with Crippen molar-refractivity contribution < 1.29 is 36.2 Å². The number of hydrogen-bond donors (Lipinski definition) is 1. The van der Waals surface area contributed by atoms with Crippen LogP contribution in [0.3, 0.4) is 0 Å². The van der Waals surface area contributed by atoms with E-state index < -0.39 is 31.4 Å². The Bertz CT molecular complexity index is 449. The van der Waals surface area contributed by atoms with Crippen molar-refractivity contribution in [3.8, 4) is 0 Å². The first-order chi connectivity index (χ1) is 8.98. The summed E-state index contributed by atoms with van der Waals surface area (Å²) in [5.41, 5.74) is -0.586. The maximum atomic E-state index is 12.3. The number of benzene rings is 1. The van der Waals surface area contributed by atoms with E-state index in [9.17, 15) is 31.1 Å². The van der Waals surface area contributed by atoms with Gasteiger partial charge in [-0.25, -0.2) is 4.79 Å². The molecule has 0 aromatic heterocycles. The van der Waals surface area contributed by atoms with Gasteiger partial charge in [-0.05, 0) is 24.3 Å². The topological polar surface area (TPSA) is 40.5 Å². The number of carboxylic acid groups (broad SMARTS) is 1. The van der Waals surface area contributed by atoms with Crippen LogP contribution in [0.25, 0.3) is 0 Å². The summed E-state index contributed by atoms with van der Waals surface area (Å²) in [5.74, 6) is -1.32. The van der Waals surface area contributed by atoms with Crippen LogP contribution in [0.2, 0.25) is 0 Å². The average Bonchev–Trinajstić information content (AvgIpc) is 2.24. The third kappa shape index (κ3) is 5.37. The molecule has 0 saturated heterocycles. The molecule has 1 rings (SSSR count). The van der Waals surface area contributed by atoms with E-state index in [0.717, 1.165) is 24.3 Å². The molecule has 1 N–H and O–H groups in total. The highest BCUT2D eigenvalue weighted by Crippen LogP contribution is 2.26. The Hall–Kier alpha value is -1.93. The molecule has 0 aliphatic rings. The van der Waals surface area contributed by atoms with Crippen LogP contribution in [-0.2, 0) is 0 Å². The summed E-state index contributed by atoms with van der Waals surface area (Å²) in [7, 11) is 0. The zero-order valence-corrected chi connectivity index (χ0v) is 9.79. The number of hydrogen-bond acceptors (Lipinski definition) is 2. The summed E-state index contributed by atoms with van der Waals surface area (Å²) < 4.78 is 73.6. The average molecular weight is 301 g/mol. The van der Waals surface area contributed by atoms with Gasteiger partial charge < -0.3 is 10.0 Å². The minimum absolute atomic E-state index is 0.0889. The molecule has 0 spiro atoms. The minimum Gasteiger partial charge on any atom is -0.478 e. The Labute approximate surface area is 109 Å². The molecule has 0 heterocycles. The maximum Gasteiger partial charge on any atom is 0.405 e. The second kappa shape index (κ2) is 5.59. The molecule has 0 amide bonds. The Kier molecular flexibility index (Phi) is 4.51. The molecule has 9 heteroatoms. The molecular weight excluding hydrogens is 292 g/mol. The van der Waals surface area contributed by atoms with Crippen molar-refractivity contribution in [3.63, 3.8) is 0 Å². The second-order valence-electron chi connectivity index (χ2n) is 3.94. The number of alkyl halides is 6. The van der Waals surface area contributed by atoms with Crippen molar-refractivity contribution in [2.45, 2.75) is 12.4 Å². The van der Waals surface area contributed by atoms with Crippen molar-refractivity contribution >= 4 is 11.7 Å². The lowest BCUT2D eigenvalue weighted by Gasteiger charge is -2.27. The Morgan fingerprint density at radius 3 is 1.65 bits per heavy atom. The predicted molar refractivity (Wildman–Crippen MR) is 57.7 cm³/mol. The highest BCUT2D eigenvalue weighted by atomic mass is 19.4. The van der Waals surface area contributed by atoms with Crippen molar-refractivity contribution in [1.82, 2.24) is 0 Å². The molecule has 3 nitrogen and oxygen atoms in total. The molecule has 0 bridgehead atoms. The van der Waals surface area contributed by atoms with Crippen LogP contribution >= 0.6 is 0 Å². The normalized spacial score (nSPS) is 12.3. The van der Waals surface area contributed by atoms with E-state index in [1.54, 1.807) is 0 Å². The highest BCUT2D eigenvalue weighted by Gasteiger charge is 2.37. The summed E-state index contributed by atoms with van der Waals surface area (Å²) in [6.07, 6.45) is -9.62. The van der Waals surface area contributed by atoms with Crippen LogP contribution in [-0.4, -0.2) is 36.5 Å². The second-order valence-corrected chi connectivity index (χ2v) is 3.94. The molecular formula is C11H9F6NO2. The third-order valence-corrected chi connectivity index (χ3v) is 2.22. The van der Waals surface area contributed by atoms with Gasteiger partial charge in [0.15, 0.2) is 0 Å². The number of nitrogens with zero attached hydrogens (tertiary/aromatic N) is 1. The van der Waals surface area contributed by atoms with Gasteiger partial charge in [0.1, 0.15) is 13.1 Å². The summed E-state index contributed by atoms with van der Waals surface area (Å²) in [4.78, 5) is 10.7. The van der Waals surface area contributed by atoms with Gasteiger partial charge in [-0.15, -0.1) is 0 Å². The highest BCUT2D eigenvalue weighted by molar-refractivity contribution is 5.88. The first-order valence-electron chi connectivity index (χ1n) is 5.20. The fraction of sp³-hybridized carbons (Fsp3) is 0.364. The van der Waals surface area contributed by atoms with Crippen LogP contribution in [0.5, 0.6) is 0 Å². The fourth-order valence-electron chi connectivity index (χ4n) is 1.49. The molecule has 112 valence electrons. The number of aromatic carboxylic acids is 1. The van der Waals surface area contributed by atoms with Gasteiger partial charge in [0.05, 0.1) is 5.56 Å². The van der Waals surface area contributed by atoms with Gasteiger partial charge in [0.2, 0.25) is 0 Å². The number of anilines is 1. The van der Waals surface area contributed by atoms with E-state index in [-0.39, 0.29) is 16.2 Å². The lowest BCUT2D eigenvalue weighted by molar-refractivity contribution is -0.137. The number of carbonyl (C=O) groups is 1. The monoisotopic (exact) mass is 301 g/mol. The summed E-state index contributed by atoms with van der Waals surface area (Å²) >= 11 is 0. The van der Waals surface area contributed by atoms with Gasteiger partial charge >= 0.3 is 18.3 Å². The van der Waals surface area contributed by atoms with E-state index in [1.807, 2.05) is 0 Å². The maximum absolute atomic E-state index is 12.3. The Morgan fingerprint density at radius 2 is 1.35 bits per heavy atom. The number of halogens is 6. The Morgan fingerprint density at radius 1 is 0.950 bits per heavy atom. The SMILES string of the molecule is O=C(O)c1ccc(N(CC(F)(F)F)CC(F)(F)F)cc1. The first kappa shape index (κ1) is 16.1. The van der Waals surface area contributed by atoms with Crippen LogP contribution < -0.4 is 4.90 Å². The van der Waals surface area contributed by atoms with Crippen molar-refractivity contribution in [2.24, 2.45) is 0 Å². The third-order valence-electron chi connectivity index (χ3n) is 2.22. The Balaban J connectivity index is 3.00. The zero-order valence-electron chi connectivity index (χ0n) is 9.79. The summed E-state index contributed by atoms with van der Waals surface area (Å²) in [6.45, 7) is -3.56. The lowest BCUT2D eigenvalue weighted by Crippen LogP contribution is -2.40. The molecule has 0 aliphatic heterocycles. The molecule has 0 aliphatic carbocycles. The van der Waals surface area contributed by atoms with Gasteiger partial charge in [-0.1, -0.05) is 0 Å².